The molecule has 1 N–H and O–H groups in total. The van der Waals surface area contributed by atoms with E-state index >= 15 is 0 Å². The monoisotopic (exact) mass is 249 g/mol. The Bertz CT molecular complexity index is 433. The summed E-state index contributed by atoms with van der Waals surface area (Å²) in [6.45, 7) is 3.36. The number of ether oxygens (including phenoxy) is 2. The highest BCUT2D eigenvalue weighted by Crippen LogP contribution is 2.37. The van der Waals surface area contributed by atoms with Gasteiger partial charge >= 0.3 is 5.97 Å². The summed E-state index contributed by atoms with van der Waals surface area (Å²) >= 11 is 0. The molecule has 0 fully saturated rings. The fourth-order valence-corrected chi connectivity index (χ4v) is 2.37. The fourth-order valence-electron chi connectivity index (χ4n) is 2.37. The van der Waals surface area contributed by atoms with Gasteiger partial charge < -0.3 is 9.47 Å². The van der Waals surface area contributed by atoms with Crippen molar-refractivity contribution in [2.24, 2.45) is 0 Å². The van der Waals surface area contributed by atoms with Crippen molar-refractivity contribution in [3.8, 4) is 5.75 Å². The van der Waals surface area contributed by atoms with Gasteiger partial charge in [0, 0.05) is 12.0 Å². The molecule has 0 spiro atoms. The third kappa shape index (κ3) is 2.08. The highest BCUT2D eigenvalue weighted by atomic mass is 16.5. The van der Waals surface area contributed by atoms with Gasteiger partial charge in [0.15, 0.2) is 0 Å². The van der Waals surface area contributed by atoms with Crippen LogP contribution in [-0.4, -0.2) is 26.2 Å². The Morgan fingerprint density at radius 3 is 3.00 bits per heavy atom. The molecule has 1 aromatic carbocycles. The van der Waals surface area contributed by atoms with Crippen LogP contribution in [-0.2, 0) is 15.1 Å². The molecule has 1 atom stereocenters. The van der Waals surface area contributed by atoms with Crippen LogP contribution in [0.1, 0.15) is 25.3 Å². The average Bonchev–Trinajstić information content (AvgIpc) is 2.44. The fraction of sp³-hybridized carbons (Fsp3) is 0.500. The minimum atomic E-state index is -0.764. The molecule has 2 rings (SSSR count). The zero-order valence-corrected chi connectivity index (χ0v) is 10.9. The lowest BCUT2D eigenvalue weighted by atomic mass is 9.84. The van der Waals surface area contributed by atoms with E-state index in [4.69, 9.17) is 9.47 Å². The molecular formula is C14H19NO3. The van der Waals surface area contributed by atoms with Crippen LogP contribution in [0.25, 0.3) is 0 Å². The standard InChI is InChI=1S/C14H19NO3/c1-3-9-15-14(13(16)17-2)8-10-18-12-7-5-4-6-11(12)14/h4-7,15H,3,8-10H2,1-2H3. The van der Waals surface area contributed by atoms with Crippen LogP contribution in [0.4, 0.5) is 0 Å². The molecule has 18 heavy (non-hydrogen) atoms. The van der Waals surface area contributed by atoms with Crippen molar-refractivity contribution < 1.29 is 14.3 Å². The Labute approximate surface area is 107 Å². The van der Waals surface area contributed by atoms with Crippen LogP contribution >= 0.6 is 0 Å². The molecule has 0 bridgehead atoms. The number of rotatable bonds is 4. The van der Waals surface area contributed by atoms with Crippen molar-refractivity contribution >= 4 is 5.97 Å². The second-order valence-electron chi connectivity index (χ2n) is 4.42. The summed E-state index contributed by atoms with van der Waals surface area (Å²) in [5, 5.41) is 3.34. The van der Waals surface area contributed by atoms with Gasteiger partial charge in [-0.1, -0.05) is 25.1 Å². The van der Waals surface area contributed by atoms with Crippen molar-refractivity contribution in [1.82, 2.24) is 5.32 Å². The molecule has 1 aliphatic rings. The van der Waals surface area contributed by atoms with E-state index in [2.05, 4.69) is 12.2 Å². The smallest absolute Gasteiger partial charge is 0.331 e. The molecule has 0 amide bonds. The maximum Gasteiger partial charge on any atom is 0.331 e. The van der Waals surface area contributed by atoms with Gasteiger partial charge in [-0.05, 0) is 19.0 Å². The number of hydrogen-bond acceptors (Lipinski definition) is 4. The van der Waals surface area contributed by atoms with Gasteiger partial charge in [-0.15, -0.1) is 0 Å². The van der Waals surface area contributed by atoms with E-state index in [1.807, 2.05) is 24.3 Å². The van der Waals surface area contributed by atoms with Crippen molar-refractivity contribution in [1.29, 1.82) is 0 Å². The van der Waals surface area contributed by atoms with Crippen molar-refractivity contribution in [2.45, 2.75) is 25.3 Å². The minimum absolute atomic E-state index is 0.244. The maximum atomic E-state index is 12.2. The quantitative estimate of drug-likeness (QED) is 0.827. The first-order chi connectivity index (χ1) is 8.74. The van der Waals surface area contributed by atoms with E-state index in [1.165, 1.54) is 7.11 Å². The largest absolute Gasteiger partial charge is 0.493 e. The molecular weight excluding hydrogens is 230 g/mol. The van der Waals surface area contributed by atoms with Gasteiger partial charge in [0.2, 0.25) is 0 Å². The normalized spacial score (nSPS) is 21.9. The average molecular weight is 249 g/mol. The molecule has 1 heterocycles. The van der Waals surface area contributed by atoms with Crippen LogP contribution in [0.5, 0.6) is 5.75 Å². The van der Waals surface area contributed by atoms with Crippen molar-refractivity contribution in [3.63, 3.8) is 0 Å². The first kappa shape index (κ1) is 12.9. The van der Waals surface area contributed by atoms with E-state index in [0.29, 0.717) is 13.0 Å². The zero-order chi connectivity index (χ0) is 13.0. The number of methoxy groups -OCH3 is 1. The van der Waals surface area contributed by atoms with Crippen LogP contribution in [0.3, 0.4) is 0 Å². The number of para-hydroxylation sites is 1. The number of fused-ring (bicyclic) bond motifs is 1. The van der Waals surface area contributed by atoms with Crippen molar-refractivity contribution in [2.75, 3.05) is 20.3 Å². The van der Waals surface area contributed by atoms with E-state index in [-0.39, 0.29) is 5.97 Å². The van der Waals surface area contributed by atoms with E-state index in [9.17, 15) is 4.79 Å². The van der Waals surface area contributed by atoms with Crippen LogP contribution < -0.4 is 10.1 Å². The number of nitrogens with one attached hydrogen (secondary N) is 1. The highest BCUT2D eigenvalue weighted by molar-refractivity contribution is 5.84. The Balaban J connectivity index is 2.44. The molecule has 0 aromatic heterocycles. The van der Waals surface area contributed by atoms with Gasteiger partial charge in [-0.3, -0.25) is 5.32 Å². The Morgan fingerprint density at radius 2 is 2.28 bits per heavy atom. The molecule has 1 unspecified atom stereocenters. The first-order valence-electron chi connectivity index (χ1n) is 6.30. The number of esters is 1. The van der Waals surface area contributed by atoms with Crippen LogP contribution in [0.2, 0.25) is 0 Å². The zero-order valence-electron chi connectivity index (χ0n) is 10.9. The van der Waals surface area contributed by atoms with Crippen LogP contribution in [0.15, 0.2) is 24.3 Å². The van der Waals surface area contributed by atoms with Crippen molar-refractivity contribution in [3.05, 3.63) is 29.8 Å². The lowest BCUT2D eigenvalue weighted by Gasteiger charge is -2.37. The van der Waals surface area contributed by atoms with E-state index < -0.39 is 5.54 Å². The molecule has 0 radical (unpaired) electrons. The first-order valence-corrected chi connectivity index (χ1v) is 6.30. The third-order valence-electron chi connectivity index (χ3n) is 3.29. The van der Waals surface area contributed by atoms with Gasteiger partial charge in [0.25, 0.3) is 0 Å². The lowest BCUT2D eigenvalue weighted by Crippen LogP contribution is -2.52. The molecule has 1 aromatic rings. The Morgan fingerprint density at radius 1 is 1.50 bits per heavy atom. The van der Waals surface area contributed by atoms with E-state index in [1.54, 1.807) is 0 Å². The summed E-state index contributed by atoms with van der Waals surface area (Å²) in [5.41, 5.74) is 0.108. The summed E-state index contributed by atoms with van der Waals surface area (Å²) in [5.74, 6) is 0.518. The molecule has 98 valence electrons. The number of carbonyl (C=O) groups is 1. The van der Waals surface area contributed by atoms with E-state index in [0.717, 1.165) is 24.3 Å². The molecule has 1 aliphatic heterocycles. The maximum absolute atomic E-state index is 12.2. The molecule has 0 saturated carbocycles. The SMILES string of the molecule is CCCNC1(C(=O)OC)CCOc2ccccc21. The third-order valence-corrected chi connectivity index (χ3v) is 3.29. The molecule has 4 heteroatoms. The molecule has 4 nitrogen and oxygen atoms in total. The summed E-state index contributed by atoms with van der Waals surface area (Å²) in [6, 6.07) is 7.64. The van der Waals surface area contributed by atoms with Gasteiger partial charge in [-0.2, -0.15) is 0 Å². The topological polar surface area (TPSA) is 47.6 Å². The molecule has 0 saturated heterocycles. The van der Waals surface area contributed by atoms with Crippen LogP contribution in [0, 0.1) is 0 Å². The summed E-state index contributed by atoms with van der Waals surface area (Å²) < 4.78 is 10.6. The second kappa shape index (κ2) is 5.40. The van der Waals surface area contributed by atoms with Gasteiger partial charge in [0.1, 0.15) is 11.3 Å². The lowest BCUT2D eigenvalue weighted by molar-refractivity contribution is -0.150. The predicted molar refractivity (Wildman–Crippen MR) is 68.5 cm³/mol. The predicted octanol–water partition coefficient (Wildman–Crippen LogP) is 1.84. The van der Waals surface area contributed by atoms with Gasteiger partial charge in [0.05, 0.1) is 13.7 Å². The summed E-state index contributed by atoms with van der Waals surface area (Å²) in [7, 11) is 1.43. The molecule has 0 aliphatic carbocycles. The minimum Gasteiger partial charge on any atom is -0.493 e. The number of benzene rings is 1. The second-order valence-corrected chi connectivity index (χ2v) is 4.42. The Hall–Kier alpha value is -1.55. The summed E-state index contributed by atoms with van der Waals surface area (Å²) in [4.78, 5) is 12.2. The van der Waals surface area contributed by atoms with Gasteiger partial charge in [-0.25, -0.2) is 4.79 Å². The number of hydrogen-bond donors (Lipinski definition) is 1. The highest BCUT2D eigenvalue weighted by Gasteiger charge is 2.45. The number of carbonyl (C=O) groups excluding carboxylic acids is 1. The Kier molecular flexibility index (Phi) is 3.87. The summed E-state index contributed by atoms with van der Waals surface area (Å²) in [6.07, 6.45) is 1.55.